The van der Waals surface area contributed by atoms with Gasteiger partial charge < -0.3 is 15.7 Å². The van der Waals surface area contributed by atoms with Gasteiger partial charge in [-0.1, -0.05) is 30.3 Å². The van der Waals surface area contributed by atoms with Gasteiger partial charge in [0.1, 0.15) is 17.7 Å². The van der Waals surface area contributed by atoms with Crippen LogP contribution in [0.25, 0.3) is 0 Å². The molecule has 2 aromatic rings. The highest BCUT2D eigenvalue weighted by molar-refractivity contribution is 7.09. The van der Waals surface area contributed by atoms with Crippen LogP contribution in [0, 0.1) is 0 Å². The molecule has 118 valence electrons. The number of nitrogens with one attached hydrogen (secondary N) is 2. The van der Waals surface area contributed by atoms with Gasteiger partial charge in [0.25, 0.3) is 5.92 Å². The molecule has 0 fully saturated rings. The number of nitrogens with zero attached hydrogens (tertiary/aromatic N) is 1. The number of benzene rings is 1. The Morgan fingerprint density at radius 2 is 2.09 bits per heavy atom. The van der Waals surface area contributed by atoms with Gasteiger partial charge in [0.15, 0.2) is 0 Å². The number of alkyl halides is 2. The zero-order valence-corrected chi connectivity index (χ0v) is 12.3. The van der Waals surface area contributed by atoms with E-state index >= 15 is 0 Å². The molecular formula is C14H15F2N3O2S. The predicted octanol–water partition coefficient (Wildman–Crippen LogP) is 2.16. The van der Waals surface area contributed by atoms with Crippen LogP contribution < -0.4 is 10.6 Å². The summed E-state index contributed by atoms with van der Waals surface area (Å²) in [6, 6.07) is 7.82. The average Bonchev–Trinajstić information content (AvgIpc) is 3.06. The number of hydrogen-bond donors (Lipinski definition) is 3. The van der Waals surface area contributed by atoms with Crippen molar-refractivity contribution in [3.63, 3.8) is 0 Å². The second-order valence-corrected chi connectivity index (χ2v) is 5.48. The SMILES string of the molecule is O=C(NCC(F)(F)CO)N[C@H](c1ccccc1)c1nccs1. The molecule has 3 N–H and O–H groups in total. The van der Waals surface area contributed by atoms with Gasteiger partial charge in [-0.05, 0) is 5.56 Å². The van der Waals surface area contributed by atoms with E-state index in [1.165, 1.54) is 11.3 Å². The summed E-state index contributed by atoms with van der Waals surface area (Å²) in [6.07, 6.45) is 1.61. The van der Waals surface area contributed by atoms with Crippen LogP contribution in [0.3, 0.4) is 0 Å². The van der Waals surface area contributed by atoms with Crippen LogP contribution in [-0.4, -0.2) is 35.2 Å². The first-order valence-corrected chi connectivity index (χ1v) is 7.37. The van der Waals surface area contributed by atoms with Gasteiger partial charge in [0, 0.05) is 11.6 Å². The summed E-state index contributed by atoms with van der Waals surface area (Å²) in [6.45, 7) is -2.25. The summed E-state index contributed by atoms with van der Waals surface area (Å²) in [4.78, 5) is 16.0. The van der Waals surface area contributed by atoms with Gasteiger partial charge in [-0.2, -0.15) is 0 Å². The van der Waals surface area contributed by atoms with E-state index < -0.39 is 31.1 Å². The summed E-state index contributed by atoms with van der Waals surface area (Å²) in [5.74, 6) is -3.35. The van der Waals surface area contributed by atoms with Crippen molar-refractivity contribution in [2.45, 2.75) is 12.0 Å². The van der Waals surface area contributed by atoms with Crippen molar-refractivity contribution in [1.82, 2.24) is 15.6 Å². The molecule has 1 aromatic carbocycles. The lowest BCUT2D eigenvalue weighted by Gasteiger charge is -2.19. The number of thiazole rings is 1. The number of aromatic nitrogens is 1. The van der Waals surface area contributed by atoms with Crippen molar-refractivity contribution in [3.05, 3.63) is 52.5 Å². The number of hydrogen-bond acceptors (Lipinski definition) is 4. The molecule has 0 bridgehead atoms. The maximum atomic E-state index is 12.9. The lowest BCUT2D eigenvalue weighted by atomic mass is 10.1. The van der Waals surface area contributed by atoms with E-state index in [1.807, 2.05) is 30.3 Å². The fourth-order valence-corrected chi connectivity index (χ4v) is 2.47. The molecule has 1 aromatic heterocycles. The Bertz CT molecular complexity index is 593. The van der Waals surface area contributed by atoms with E-state index in [9.17, 15) is 13.6 Å². The molecule has 2 amide bonds. The summed E-state index contributed by atoms with van der Waals surface area (Å²) < 4.78 is 25.9. The Morgan fingerprint density at radius 1 is 1.36 bits per heavy atom. The highest BCUT2D eigenvalue weighted by Gasteiger charge is 2.29. The van der Waals surface area contributed by atoms with Gasteiger partial charge in [-0.25, -0.2) is 18.6 Å². The van der Waals surface area contributed by atoms with Gasteiger partial charge in [0.05, 0.1) is 6.54 Å². The Labute approximate surface area is 130 Å². The number of aliphatic hydroxyl groups is 1. The van der Waals surface area contributed by atoms with Crippen LogP contribution in [0.15, 0.2) is 41.9 Å². The van der Waals surface area contributed by atoms with Gasteiger partial charge in [0.2, 0.25) is 0 Å². The molecule has 0 aliphatic carbocycles. The van der Waals surface area contributed by atoms with Crippen LogP contribution in [0.4, 0.5) is 13.6 Å². The molecule has 1 heterocycles. The number of aliphatic hydroxyl groups excluding tert-OH is 1. The molecule has 0 unspecified atom stereocenters. The number of amides is 2. The first-order valence-electron chi connectivity index (χ1n) is 6.49. The summed E-state index contributed by atoms with van der Waals surface area (Å²) in [7, 11) is 0. The third kappa shape index (κ3) is 4.47. The topological polar surface area (TPSA) is 74.2 Å². The smallest absolute Gasteiger partial charge is 0.315 e. The molecule has 0 aliphatic rings. The molecule has 0 aliphatic heterocycles. The van der Waals surface area contributed by atoms with Crippen molar-refractivity contribution in [1.29, 1.82) is 0 Å². The lowest BCUT2D eigenvalue weighted by molar-refractivity contribution is -0.0454. The molecule has 0 saturated heterocycles. The standard InChI is InChI=1S/C14H15F2N3O2S/c15-14(16,9-20)8-18-13(21)19-11(12-17-6-7-22-12)10-4-2-1-3-5-10/h1-7,11,20H,8-9H2,(H2,18,19,21)/t11-/m1/s1. The number of urea groups is 1. The van der Waals surface area contributed by atoms with Crippen molar-refractivity contribution in [3.8, 4) is 0 Å². The lowest BCUT2D eigenvalue weighted by Crippen LogP contribution is -2.45. The van der Waals surface area contributed by atoms with Gasteiger partial charge in [-0.15, -0.1) is 11.3 Å². The monoisotopic (exact) mass is 327 g/mol. The minimum atomic E-state index is -3.35. The minimum Gasteiger partial charge on any atom is -0.390 e. The Hall–Kier alpha value is -2.06. The van der Waals surface area contributed by atoms with E-state index in [-0.39, 0.29) is 0 Å². The van der Waals surface area contributed by atoms with E-state index in [0.717, 1.165) is 5.56 Å². The maximum absolute atomic E-state index is 12.9. The second-order valence-electron chi connectivity index (χ2n) is 4.56. The van der Waals surface area contributed by atoms with E-state index in [4.69, 9.17) is 5.11 Å². The third-order valence-corrected chi connectivity index (χ3v) is 3.69. The Morgan fingerprint density at radius 3 is 2.68 bits per heavy atom. The number of halogens is 2. The van der Waals surface area contributed by atoms with Crippen LogP contribution in [0.5, 0.6) is 0 Å². The second kappa shape index (κ2) is 7.28. The number of carbonyl (C=O) groups excluding carboxylic acids is 1. The molecule has 2 rings (SSSR count). The van der Waals surface area contributed by atoms with Crippen LogP contribution >= 0.6 is 11.3 Å². The van der Waals surface area contributed by atoms with Crippen LogP contribution in [0.2, 0.25) is 0 Å². The quantitative estimate of drug-likeness (QED) is 0.761. The normalized spacial score (nSPS) is 12.7. The van der Waals surface area contributed by atoms with Crippen LogP contribution in [0.1, 0.15) is 16.6 Å². The average molecular weight is 327 g/mol. The first kappa shape index (κ1) is 16.3. The molecular weight excluding hydrogens is 312 g/mol. The molecule has 5 nitrogen and oxygen atoms in total. The van der Waals surface area contributed by atoms with E-state index in [2.05, 4.69) is 15.6 Å². The van der Waals surface area contributed by atoms with Crippen molar-refractivity contribution in [2.24, 2.45) is 0 Å². The highest BCUT2D eigenvalue weighted by atomic mass is 32.1. The largest absolute Gasteiger partial charge is 0.390 e. The first-order chi connectivity index (χ1) is 10.5. The van der Waals surface area contributed by atoms with Gasteiger partial charge >= 0.3 is 6.03 Å². The molecule has 0 radical (unpaired) electrons. The molecule has 22 heavy (non-hydrogen) atoms. The summed E-state index contributed by atoms with van der Waals surface area (Å²) in [5.41, 5.74) is 0.793. The predicted molar refractivity (Wildman–Crippen MR) is 79.0 cm³/mol. The van der Waals surface area contributed by atoms with E-state index in [1.54, 1.807) is 11.6 Å². The Kier molecular flexibility index (Phi) is 5.40. The van der Waals surface area contributed by atoms with Gasteiger partial charge in [-0.3, -0.25) is 0 Å². The fraction of sp³-hybridized carbons (Fsp3) is 0.286. The van der Waals surface area contributed by atoms with Crippen molar-refractivity contribution < 1.29 is 18.7 Å². The minimum absolute atomic E-state index is 0.524. The Balaban J connectivity index is 2.06. The molecule has 0 saturated carbocycles. The summed E-state index contributed by atoms with van der Waals surface area (Å²) >= 11 is 1.35. The highest BCUT2D eigenvalue weighted by Crippen LogP contribution is 2.23. The molecule has 1 atom stereocenters. The number of carbonyl (C=O) groups is 1. The van der Waals surface area contributed by atoms with Crippen molar-refractivity contribution in [2.75, 3.05) is 13.2 Å². The number of rotatable bonds is 6. The van der Waals surface area contributed by atoms with E-state index in [0.29, 0.717) is 5.01 Å². The summed E-state index contributed by atoms with van der Waals surface area (Å²) in [5, 5.41) is 15.6. The molecule has 8 heteroatoms. The van der Waals surface area contributed by atoms with Crippen molar-refractivity contribution >= 4 is 17.4 Å². The molecule has 0 spiro atoms. The van der Waals surface area contributed by atoms with Crippen LogP contribution in [-0.2, 0) is 0 Å². The zero-order valence-electron chi connectivity index (χ0n) is 11.5. The fourth-order valence-electron chi connectivity index (χ4n) is 1.76. The maximum Gasteiger partial charge on any atom is 0.315 e. The third-order valence-electron chi connectivity index (χ3n) is 2.85. The zero-order chi connectivity index (χ0) is 16.0.